The summed E-state index contributed by atoms with van der Waals surface area (Å²) in [5.41, 5.74) is -0.594. The second-order valence-electron chi connectivity index (χ2n) is 12.0. The van der Waals surface area contributed by atoms with Crippen molar-refractivity contribution in [3.63, 3.8) is 0 Å². The molecule has 0 bridgehead atoms. The molecule has 0 aromatic heterocycles. The Morgan fingerprint density at radius 1 is 0.468 bits per heavy atom. The summed E-state index contributed by atoms with van der Waals surface area (Å²) in [7, 11) is -18.8. The van der Waals surface area contributed by atoms with Gasteiger partial charge in [-0.25, -0.2) is 0 Å². The Balaban J connectivity index is 0.00000331. The third kappa shape index (κ3) is 11.9. The summed E-state index contributed by atoms with van der Waals surface area (Å²) >= 11 is 0. The van der Waals surface area contributed by atoms with E-state index in [1.807, 2.05) is 0 Å². The van der Waals surface area contributed by atoms with Crippen molar-refractivity contribution in [2.24, 2.45) is 20.5 Å². The Hall–Kier alpha value is -2.32. The van der Waals surface area contributed by atoms with Gasteiger partial charge in [-0.05, 0) is 70.4 Å². The number of hydrogen-bond donors (Lipinski definition) is 8. The van der Waals surface area contributed by atoms with Crippen LogP contribution < -0.4 is 4.74 Å². The molecule has 6 aromatic rings. The van der Waals surface area contributed by atoms with Gasteiger partial charge in [-0.2, -0.15) is 38.8 Å². The first-order valence-electron chi connectivity index (χ1n) is 15.5. The van der Waals surface area contributed by atoms with E-state index >= 15 is 0 Å². The molecular weight excluding hydrogens is 945 g/mol. The molecule has 8 N–H and O–H groups in total. The van der Waals surface area contributed by atoms with Crippen LogP contribution in [0.2, 0.25) is 0 Å². The minimum atomic E-state index is -5.16. The number of benzene rings is 6. The molecule has 6 aromatic carbocycles. The van der Waals surface area contributed by atoms with E-state index in [4.69, 9.17) is 4.74 Å². The van der Waals surface area contributed by atoms with Gasteiger partial charge in [-0.15, -0.1) is 15.3 Å². The number of hydrogen-bond acceptors (Lipinski definition) is 17. The SMILES string of the molecule is COc1cc(-c2ccc(N=Nc3c(S(=O)(=O)O)cc4cc(S(=O)(=O)O)cc(O)c4c3O)cc2)ccc1N=Nc1c(S(=O)(=O)O)cc2cc(S(=O)(=O)O)cc(O)c2c1O.[Na].[Na].[Na].[Na]. The molecule has 6 rings (SSSR count). The van der Waals surface area contributed by atoms with Crippen LogP contribution in [-0.2, 0) is 40.5 Å². The van der Waals surface area contributed by atoms with Crippen molar-refractivity contribution >= 4 is 203 Å². The van der Waals surface area contributed by atoms with Crippen LogP contribution in [0.3, 0.4) is 0 Å². The molecule has 62 heavy (non-hydrogen) atoms. The molecular formula is C33H24N4Na4O17S4. The summed E-state index contributed by atoms with van der Waals surface area (Å²) in [5, 5.41) is 56.2. The number of ether oxygens (including phenoxy) is 1. The van der Waals surface area contributed by atoms with E-state index < -0.39 is 116 Å². The molecule has 306 valence electrons. The zero-order chi connectivity index (χ0) is 42.7. The smallest absolute Gasteiger partial charge is 0.296 e. The third-order valence-electron chi connectivity index (χ3n) is 8.26. The Bertz CT molecular complexity index is 3270. The normalized spacial score (nSPS) is 12.1. The van der Waals surface area contributed by atoms with E-state index in [1.165, 1.54) is 49.6 Å². The zero-order valence-electron chi connectivity index (χ0n) is 32.7. The summed E-state index contributed by atoms with van der Waals surface area (Å²) in [6.45, 7) is 0. The predicted octanol–water partition coefficient (Wildman–Crippen LogP) is 4.79. The molecule has 0 saturated heterocycles. The van der Waals surface area contributed by atoms with E-state index in [-0.39, 0.29) is 135 Å². The summed E-state index contributed by atoms with van der Waals surface area (Å²) in [5.74, 6) is -3.71. The average Bonchev–Trinajstić information content (AvgIpc) is 3.12. The molecule has 0 unspecified atom stereocenters. The van der Waals surface area contributed by atoms with E-state index in [2.05, 4.69) is 20.5 Å². The number of azo groups is 2. The predicted molar refractivity (Wildman–Crippen MR) is 224 cm³/mol. The van der Waals surface area contributed by atoms with Crippen LogP contribution in [0.1, 0.15) is 0 Å². The van der Waals surface area contributed by atoms with Crippen molar-refractivity contribution in [1.82, 2.24) is 0 Å². The van der Waals surface area contributed by atoms with Crippen LogP contribution in [0, 0.1) is 0 Å². The molecule has 0 atom stereocenters. The average molecular weight is 969 g/mol. The second-order valence-corrected chi connectivity index (χ2v) is 17.6. The minimum Gasteiger partial charge on any atom is -0.507 e. The molecule has 0 saturated carbocycles. The van der Waals surface area contributed by atoms with E-state index in [9.17, 15) is 72.3 Å². The topological polar surface area (TPSA) is 357 Å². The molecule has 29 heteroatoms. The quantitative estimate of drug-likeness (QED) is 0.0520. The minimum absolute atomic E-state index is 0. The Morgan fingerprint density at radius 2 is 0.871 bits per heavy atom. The van der Waals surface area contributed by atoms with Crippen molar-refractivity contribution in [2.45, 2.75) is 19.6 Å². The fraction of sp³-hybridized carbons (Fsp3) is 0.0303. The number of phenols is 4. The van der Waals surface area contributed by atoms with Crippen LogP contribution in [0.15, 0.2) is 119 Å². The first-order valence-corrected chi connectivity index (χ1v) is 21.2. The van der Waals surface area contributed by atoms with Gasteiger partial charge in [0.15, 0.2) is 11.5 Å². The van der Waals surface area contributed by atoms with Crippen molar-refractivity contribution in [2.75, 3.05) is 7.11 Å². The molecule has 0 aliphatic rings. The number of fused-ring (bicyclic) bond motifs is 2. The van der Waals surface area contributed by atoms with Crippen LogP contribution >= 0.6 is 0 Å². The molecule has 0 aliphatic carbocycles. The summed E-state index contributed by atoms with van der Waals surface area (Å²) in [4.78, 5) is -3.70. The molecule has 0 fully saturated rings. The van der Waals surface area contributed by atoms with Crippen molar-refractivity contribution in [3.05, 3.63) is 78.9 Å². The molecule has 0 spiro atoms. The maximum absolute atomic E-state index is 12.3. The van der Waals surface area contributed by atoms with E-state index in [1.54, 1.807) is 0 Å². The zero-order valence-corrected chi connectivity index (χ0v) is 43.9. The van der Waals surface area contributed by atoms with Crippen LogP contribution in [0.25, 0.3) is 32.7 Å². The van der Waals surface area contributed by atoms with Gasteiger partial charge in [-0.3, -0.25) is 18.2 Å². The fourth-order valence-corrected chi connectivity index (χ4v) is 8.02. The van der Waals surface area contributed by atoms with Gasteiger partial charge < -0.3 is 25.2 Å². The van der Waals surface area contributed by atoms with Gasteiger partial charge in [0.25, 0.3) is 40.5 Å². The van der Waals surface area contributed by atoms with Crippen LogP contribution in [0.4, 0.5) is 22.7 Å². The van der Waals surface area contributed by atoms with Gasteiger partial charge in [-0.1, -0.05) is 18.2 Å². The summed E-state index contributed by atoms with van der Waals surface area (Å²) < 4.78 is 139. The van der Waals surface area contributed by atoms with Crippen molar-refractivity contribution < 1.29 is 77.0 Å². The number of methoxy groups -OCH3 is 1. The number of phenolic OH excluding ortho intramolecular Hbond substituents is 4. The standard InChI is InChI=1S/C33H24N4O17S4.4Na/c1-54-25-10-16(4-7-22(25)35-37-31-27(58(51,52)53)12-18-9-21(56(45,46)47)14-24(39)29(18)33(31)41)15-2-5-19(6-3-15)34-36-30-26(57(48,49)50)11-17-8-20(55(42,43)44)13-23(38)28(17)32(30)40;;;;/h2-14,38-41H,1H3,(H,42,43,44)(H,45,46,47)(H,48,49,50)(H,51,52,53);;;;. The first-order chi connectivity index (χ1) is 26.9. The van der Waals surface area contributed by atoms with Crippen LogP contribution in [0.5, 0.6) is 28.7 Å². The molecule has 0 aliphatic heterocycles. The van der Waals surface area contributed by atoms with Gasteiger partial charge >= 0.3 is 0 Å². The number of nitrogens with zero attached hydrogens (tertiary/aromatic N) is 4. The molecule has 0 amide bonds. The Morgan fingerprint density at radius 3 is 1.26 bits per heavy atom. The van der Waals surface area contributed by atoms with E-state index in [0.717, 1.165) is 12.1 Å². The number of aromatic hydroxyl groups is 4. The van der Waals surface area contributed by atoms with E-state index in [0.29, 0.717) is 35.4 Å². The second kappa shape index (κ2) is 20.9. The first kappa shape index (κ1) is 55.8. The fourth-order valence-electron chi connectivity index (χ4n) is 5.63. The molecule has 4 radical (unpaired) electrons. The molecule has 21 nitrogen and oxygen atoms in total. The Kier molecular flexibility index (Phi) is 18.8. The maximum Gasteiger partial charge on any atom is 0.296 e. The maximum atomic E-state index is 12.3. The largest absolute Gasteiger partial charge is 0.507 e. The number of rotatable bonds is 10. The van der Waals surface area contributed by atoms with Crippen molar-refractivity contribution in [1.29, 1.82) is 0 Å². The molecule has 0 heterocycles. The Labute approximate surface area is 440 Å². The van der Waals surface area contributed by atoms with Gasteiger partial charge in [0, 0.05) is 130 Å². The van der Waals surface area contributed by atoms with Crippen LogP contribution in [-0.4, -0.2) is 198 Å². The monoisotopic (exact) mass is 968 g/mol. The summed E-state index contributed by atoms with van der Waals surface area (Å²) in [6.07, 6.45) is 0. The van der Waals surface area contributed by atoms with Gasteiger partial charge in [0.05, 0.1) is 33.4 Å². The van der Waals surface area contributed by atoms with Gasteiger partial charge in [0.1, 0.15) is 44.1 Å². The van der Waals surface area contributed by atoms with Gasteiger partial charge in [0.2, 0.25) is 0 Å². The van der Waals surface area contributed by atoms with Crippen molar-refractivity contribution in [3.8, 4) is 39.9 Å². The third-order valence-corrected chi connectivity index (χ3v) is 11.7. The summed E-state index contributed by atoms with van der Waals surface area (Å²) in [6, 6.07) is 14.3.